The zero-order valence-corrected chi connectivity index (χ0v) is 13.3. The minimum atomic E-state index is -0.898. The Kier molecular flexibility index (Phi) is 6.64. The Labute approximate surface area is 131 Å². The molecule has 6 nitrogen and oxygen atoms in total. The van der Waals surface area contributed by atoms with Crippen LogP contribution in [0.5, 0.6) is 0 Å². The van der Waals surface area contributed by atoms with E-state index >= 15 is 0 Å². The molecule has 1 N–H and O–H groups in total. The van der Waals surface area contributed by atoms with E-state index in [1.165, 1.54) is 19.3 Å². The third kappa shape index (κ3) is 4.95. The standard InChI is InChI=1S/C16H27NO5/c1-2-14(22-12-6-4-3-5-7-12)16(20)17-8-9-21-13(11-17)10-15(18)19/h12-14H,2-11H2,1H3,(H,18,19). The largest absolute Gasteiger partial charge is 0.481 e. The van der Waals surface area contributed by atoms with Gasteiger partial charge in [0.2, 0.25) is 0 Å². The van der Waals surface area contributed by atoms with E-state index < -0.39 is 18.2 Å². The number of morpholine rings is 1. The fourth-order valence-corrected chi connectivity index (χ4v) is 3.20. The number of nitrogens with zero attached hydrogens (tertiary/aromatic N) is 1. The summed E-state index contributed by atoms with van der Waals surface area (Å²) in [6, 6.07) is 0. The molecule has 0 aromatic rings. The highest BCUT2D eigenvalue weighted by Crippen LogP contribution is 2.23. The van der Waals surface area contributed by atoms with Crippen LogP contribution in [0.25, 0.3) is 0 Å². The fourth-order valence-electron chi connectivity index (χ4n) is 3.20. The lowest BCUT2D eigenvalue weighted by molar-refractivity contribution is -0.159. The molecular formula is C16H27NO5. The molecule has 2 atom stereocenters. The van der Waals surface area contributed by atoms with Crippen LogP contribution in [-0.4, -0.2) is 59.9 Å². The number of ether oxygens (including phenoxy) is 2. The van der Waals surface area contributed by atoms with Crippen molar-refractivity contribution < 1.29 is 24.2 Å². The van der Waals surface area contributed by atoms with E-state index in [0.717, 1.165) is 12.8 Å². The summed E-state index contributed by atoms with van der Waals surface area (Å²) >= 11 is 0. The molecule has 2 aliphatic rings. The minimum absolute atomic E-state index is 0.0215. The summed E-state index contributed by atoms with van der Waals surface area (Å²) in [5, 5.41) is 8.85. The average Bonchev–Trinajstić information content (AvgIpc) is 2.52. The molecule has 0 aromatic carbocycles. The van der Waals surface area contributed by atoms with Crippen molar-refractivity contribution in [1.82, 2.24) is 4.90 Å². The monoisotopic (exact) mass is 313 g/mol. The van der Waals surface area contributed by atoms with E-state index in [1.54, 1.807) is 4.90 Å². The lowest BCUT2D eigenvalue weighted by atomic mass is 9.97. The van der Waals surface area contributed by atoms with Gasteiger partial charge in [-0.2, -0.15) is 0 Å². The first-order chi connectivity index (χ1) is 10.6. The van der Waals surface area contributed by atoms with Crippen LogP contribution < -0.4 is 0 Å². The molecule has 1 saturated carbocycles. The topological polar surface area (TPSA) is 76.1 Å². The number of carbonyl (C=O) groups excluding carboxylic acids is 1. The van der Waals surface area contributed by atoms with E-state index in [-0.39, 0.29) is 18.4 Å². The number of hydrogen-bond acceptors (Lipinski definition) is 4. The van der Waals surface area contributed by atoms with Crippen molar-refractivity contribution in [2.75, 3.05) is 19.7 Å². The molecule has 1 amide bonds. The molecule has 2 rings (SSSR count). The maximum absolute atomic E-state index is 12.6. The van der Waals surface area contributed by atoms with Gasteiger partial charge in [-0.1, -0.05) is 26.2 Å². The summed E-state index contributed by atoms with van der Waals surface area (Å²) in [6.07, 6.45) is 5.63. The normalized spacial score (nSPS) is 25.0. The van der Waals surface area contributed by atoms with E-state index in [2.05, 4.69) is 0 Å². The molecule has 2 unspecified atom stereocenters. The Morgan fingerprint density at radius 2 is 2.05 bits per heavy atom. The van der Waals surface area contributed by atoms with Gasteiger partial charge >= 0.3 is 5.97 Å². The Morgan fingerprint density at radius 1 is 1.32 bits per heavy atom. The molecule has 0 bridgehead atoms. The van der Waals surface area contributed by atoms with Crippen molar-refractivity contribution in [3.8, 4) is 0 Å². The smallest absolute Gasteiger partial charge is 0.306 e. The fraction of sp³-hybridized carbons (Fsp3) is 0.875. The lowest BCUT2D eigenvalue weighted by Gasteiger charge is -2.35. The van der Waals surface area contributed by atoms with Gasteiger partial charge in [0.15, 0.2) is 0 Å². The molecule has 0 radical (unpaired) electrons. The van der Waals surface area contributed by atoms with Gasteiger partial charge in [-0.15, -0.1) is 0 Å². The van der Waals surface area contributed by atoms with E-state index in [0.29, 0.717) is 26.1 Å². The summed E-state index contributed by atoms with van der Waals surface area (Å²) in [5.74, 6) is -0.920. The molecule has 126 valence electrons. The number of hydrogen-bond donors (Lipinski definition) is 1. The second-order valence-electron chi connectivity index (χ2n) is 6.17. The molecule has 0 spiro atoms. The van der Waals surface area contributed by atoms with Crippen LogP contribution in [0.3, 0.4) is 0 Å². The predicted octanol–water partition coefficient (Wildman–Crippen LogP) is 1.82. The zero-order chi connectivity index (χ0) is 15.9. The number of amides is 1. The van der Waals surface area contributed by atoms with Crippen LogP contribution in [0.1, 0.15) is 51.9 Å². The molecule has 1 aliphatic carbocycles. The Balaban J connectivity index is 1.87. The molecule has 2 fully saturated rings. The Hall–Kier alpha value is -1.14. The molecular weight excluding hydrogens is 286 g/mol. The van der Waals surface area contributed by atoms with Gasteiger partial charge in [-0.05, 0) is 19.3 Å². The van der Waals surface area contributed by atoms with Gasteiger partial charge in [0.05, 0.1) is 25.2 Å². The van der Waals surface area contributed by atoms with Crippen LogP contribution in [0.4, 0.5) is 0 Å². The van der Waals surface area contributed by atoms with Gasteiger partial charge in [-0.3, -0.25) is 9.59 Å². The third-order valence-electron chi connectivity index (χ3n) is 4.41. The van der Waals surface area contributed by atoms with Gasteiger partial charge in [0.1, 0.15) is 6.10 Å². The van der Waals surface area contributed by atoms with Crippen molar-refractivity contribution in [2.45, 2.75) is 70.2 Å². The molecule has 0 aromatic heterocycles. The Bertz CT molecular complexity index is 381. The van der Waals surface area contributed by atoms with E-state index in [1.807, 2.05) is 6.92 Å². The summed E-state index contributed by atoms with van der Waals surface area (Å²) in [4.78, 5) is 25.1. The zero-order valence-electron chi connectivity index (χ0n) is 13.3. The maximum Gasteiger partial charge on any atom is 0.306 e. The van der Waals surface area contributed by atoms with E-state index in [9.17, 15) is 9.59 Å². The molecule has 1 aliphatic heterocycles. The quantitative estimate of drug-likeness (QED) is 0.809. The first-order valence-electron chi connectivity index (χ1n) is 8.37. The summed E-state index contributed by atoms with van der Waals surface area (Å²) in [7, 11) is 0. The second-order valence-corrected chi connectivity index (χ2v) is 6.17. The number of aliphatic carboxylic acids is 1. The average molecular weight is 313 g/mol. The first-order valence-corrected chi connectivity index (χ1v) is 8.37. The highest BCUT2D eigenvalue weighted by Gasteiger charge is 2.31. The predicted molar refractivity (Wildman–Crippen MR) is 80.6 cm³/mol. The van der Waals surface area contributed by atoms with Crippen molar-refractivity contribution in [3.05, 3.63) is 0 Å². The number of carboxylic acid groups (broad SMARTS) is 1. The maximum atomic E-state index is 12.6. The van der Waals surface area contributed by atoms with Crippen LogP contribution in [0.2, 0.25) is 0 Å². The summed E-state index contributed by atoms with van der Waals surface area (Å²) in [5.41, 5.74) is 0. The van der Waals surface area contributed by atoms with Crippen molar-refractivity contribution in [3.63, 3.8) is 0 Å². The molecule has 1 saturated heterocycles. The molecule has 6 heteroatoms. The van der Waals surface area contributed by atoms with Gasteiger partial charge in [0.25, 0.3) is 5.91 Å². The third-order valence-corrected chi connectivity index (χ3v) is 4.41. The Morgan fingerprint density at radius 3 is 2.68 bits per heavy atom. The van der Waals surface area contributed by atoms with Gasteiger partial charge < -0.3 is 19.5 Å². The van der Waals surface area contributed by atoms with E-state index in [4.69, 9.17) is 14.6 Å². The van der Waals surface area contributed by atoms with Crippen LogP contribution in [0, 0.1) is 0 Å². The highest BCUT2D eigenvalue weighted by atomic mass is 16.5. The van der Waals surface area contributed by atoms with Crippen LogP contribution in [-0.2, 0) is 19.1 Å². The second kappa shape index (κ2) is 8.48. The van der Waals surface area contributed by atoms with Crippen molar-refractivity contribution in [1.29, 1.82) is 0 Å². The van der Waals surface area contributed by atoms with Crippen molar-refractivity contribution in [2.24, 2.45) is 0 Å². The van der Waals surface area contributed by atoms with Gasteiger partial charge in [-0.25, -0.2) is 0 Å². The number of carboxylic acids is 1. The highest BCUT2D eigenvalue weighted by molar-refractivity contribution is 5.81. The minimum Gasteiger partial charge on any atom is -0.481 e. The van der Waals surface area contributed by atoms with Crippen LogP contribution >= 0.6 is 0 Å². The van der Waals surface area contributed by atoms with Crippen LogP contribution in [0.15, 0.2) is 0 Å². The van der Waals surface area contributed by atoms with Crippen molar-refractivity contribution >= 4 is 11.9 Å². The molecule has 1 heterocycles. The SMILES string of the molecule is CCC(OC1CCCCC1)C(=O)N1CCOC(CC(=O)O)C1. The summed E-state index contributed by atoms with van der Waals surface area (Å²) in [6.45, 7) is 3.21. The lowest BCUT2D eigenvalue weighted by Crippen LogP contribution is -2.50. The molecule has 22 heavy (non-hydrogen) atoms. The number of rotatable bonds is 6. The van der Waals surface area contributed by atoms with Gasteiger partial charge in [0, 0.05) is 13.1 Å². The summed E-state index contributed by atoms with van der Waals surface area (Å²) < 4.78 is 11.4. The first kappa shape index (κ1) is 17.2. The number of carbonyl (C=O) groups is 2.